The van der Waals surface area contributed by atoms with E-state index in [1.54, 1.807) is 6.07 Å². The standard InChI is InChI=1S/C14H14F3N3O/c15-14(16,17)21-10-2-4-11-9(7-10)1-3-12(20-11)13-8-18-5-6-19-13/h1-4,7,13,18-19H,5-6,8H2. The number of ether oxygens (including phenoxy) is 1. The van der Waals surface area contributed by atoms with Crippen LogP contribution in [-0.2, 0) is 0 Å². The molecule has 2 heterocycles. The number of nitrogens with one attached hydrogen (secondary N) is 2. The lowest BCUT2D eigenvalue weighted by Gasteiger charge is -2.24. The molecule has 112 valence electrons. The number of hydrogen-bond acceptors (Lipinski definition) is 4. The molecular formula is C14H14F3N3O. The van der Waals surface area contributed by atoms with Crippen molar-refractivity contribution in [1.29, 1.82) is 0 Å². The number of rotatable bonds is 2. The van der Waals surface area contributed by atoms with E-state index < -0.39 is 6.36 Å². The van der Waals surface area contributed by atoms with E-state index in [9.17, 15) is 13.2 Å². The highest BCUT2D eigenvalue weighted by Crippen LogP contribution is 2.26. The Bertz CT molecular complexity index is 639. The number of piperazine rings is 1. The predicted molar refractivity (Wildman–Crippen MR) is 72.0 cm³/mol. The van der Waals surface area contributed by atoms with Gasteiger partial charge in [0.25, 0.3) is 0 Å². The van der Waals surface area contributed by atoms with Crippen molar-refractivity contribution in [2.24, 2.45) is 0 Å². The van der Waals surface area contributed by atoms with Crippen LogP contribution in [0.25, 0.3) is 10.9 Å². The van der Waals surface area contributed by atoms with Crippen molar-refractivity contribution in [1.82, 2.24) is 15.6 Å². The van der Waals surface area contributed by atoms with E-state index in [1.807, 2.05) is 6.07 Å². The molecular weight excluding hydrogens is 283 g/mol. The molecule has 0 saturated carbocycles. The number of benzene rings is 1. The summed E-state index contributed by atoms with van der Waals surface area (Å²) in [5.74, 6) is -0.234. The van der Waals surface area contributed by atoms with Gasteiger partial charge in [0.05, 0.1) is 17.3 Å². The van der Waals surface area contributed by atoms with Gasteiger partial charge in [-0.1, -0.05) is 6.07 Å². The summed E-state index contributed by atoms with van der Waals surface area (Å²) in [5, 5.41) is 7.23. The Hall–Kier alpha value is -1.86. The van der Waals surface area contributed by atoms with Crippen LogP contribution in [0.1, 0.15) is 11.7 Å². The van der Waals surface area contributed by atoms with Gasteiger partial charge in [0.15, 0.2) is 0 Å². The molecule has 0 amide bonds. The summed E-state index contributed by atoms with van der Waals surface area (Å²) in [4.78, 5) is 4.50. The van der Waals surface area contributed by atoms with Crippen molar-refractivity contribution in [3.63, 3.8) is 0 Å². The average Bonchev–Trinajstić information content (AvgIpc) is 2.46. The molecule has 1 aromatic carbocycles. The molecule has 1 unspecified atom stereocenters. The first-order valence-electron chi connectivity index (χ1n) is 6.62. The molecule has 0 aliphatic carbocycles. The molecule has 1 aromatic heterocycles. The quantitative estimate of drug-likeness (QED) is 0.893. The molecule has 2 N–H and O–H groups in total. The second kappa shape index (κ2) is 5.50. The average molecular weight is 297 g/mol. The van der Waals surface area contributed by atoms with E-state index in [1.165, 1.54) is 18.2 Å². The summed E-state index contributed by atoms with van der Waals surface area (Å²) in [6.45, 7) is 2.57. The maximum absolute atomic E-state index is 12.2. The molecule has 7 heteroatoms. The largest absolute Gasteiger partial charge is 0.573 e. The van der Waals surface area contributed by atoms with Crippen LogP contribution in [0, 0.1) is 0 Å². The van der Waals surface area contributed by atoms with Crippen LogP contribution in [0.2, 0.25) is 0 Å². The van der Waals surface area contributed by atoms with Crippen molar-refractivity contribution >= 4 is 10.9 Å². The Balaban J connectivity index is 1.87. The minimum Gasteiger partial charge on any atom is -0.406 e. The molecule has 0 radical (unpaired) electrons. The fourth-order valence-corrected chi connectivity index (χ4v) is 2.37. The van der Waals surface area contributed by atoms with Gasteiger partial charge in [-0.05, 0) is 24.3 Å². The fourth-order valence-electron chi connectivity index (χ4n) is 2.37. The van der Waals surface area contributed by atoms with Crippen molar-refractivity contribution in [3.8, 4) is 5.75 Å². The molecule has 4 nitrogen and oxygen atoms in total. The Morgan fingerprint density at radius 1 is 1.14 bits per heavy atom. The molecule has 1 aliphatic rings. The molecule has 1 saturated heterocycles. The minimum absolute atomic E-state index is 0.120. The third kappa shape index (κ3) is 3.43. The van der Waals surface area contributed by atoms with Crippen LogP contribution in [0.4, 0.5) is 13.2 Å². The lowest BCUT2D eigenvalue weighted by molar-refractivity contribution is -0.274. The number of aromatic nitrogens is 1. The van der Waals surface area contributed by atoms with E-state index in [2.05, 4.69) is 20.4 Å². The fraction of sp³-hybridized carbons (Fsp3) is 0.357. The van der Waals surface area contributed by atoms with Gasteiger partial charge in [0.1, 0.15) is 5.75 Å². The van der Waals surface area contributed by atoms with Gasteiger partial charge < -0.3 is 15.4 Å². The highest BCUT2D eigenvalue weighted by Gasteiger charge is 2.31. The number of pyridine rings is 1. The predicted octanol–water partition coefficient (Wildman–Crippen LogP) is 2.37. The van der Waals surface area contributed by atoms with Gasteiger partial charge >= 0.3 is 6.36 Å². The Labute approximate surface area is 119 Å². The molecule has 3 rings (SSSR count). The number of halogens is 3. The third-order valence-corrected chi connectivity index (χ3v) is 3.31. The molecule has 2 aromatic rings. The number of hydrogen-bond donors (Lipinski definition) is 2. The highest BCUT2D eigenvalue weighted by atomic mass is 19.4. The zero-order valence-electron chi connectivity index (χ0n) is 11.1. The summed E-state index contributed by atoms with van der Waals surface area (Å²) < 4.78 is 40.5. The van der Waals surface area contributed by atoms with Gasteiger partial charge in [-0.15, -0.1) is 13.2 Å². The zero-order chi connectivity index (χ0) is 14.9. The van der Waals surface area contributed by atoms with Gasteiger partial charge in [-0.2, -0.15) is 0 Å². The van der Waals surface area contributed by atoms with Crippen molar-refractivity contribution < 1.29 is 17.9 Å². The van der Waals surface area contributed by atoms with Gasteiger partial charge in [0.2, 0.25) is 0 Å². The van der Waals surface area contributed by atoms with E-state index in [-0.39, 0.29) is 11.8 Å². The number of alkyl halides is 3. The van der Waals surface area contributed by atoms with E-state index >= 15 is 0 Å². The number of fused-ring (bicyclic) bond motifs is 1. The minimum atomic E-state index is -4.68. The van der Waals surface area contributed by atoms with Crippen LogP contribution in [0.15, 0.2) is 30.3 Å². The molecule has 0 spiro atoms. The van der Waals surface area contributed by atoms with Gasteiger partial charge in [0, 0.05) is 25.0 Å². The lowest BCUT2D eigenvalue weighted by Crippen LogP contribution is -2.42. The van der Waals surface area contributed by atoms with Gasteiger partial charge in [-0.25, -0.2) is 0 Å². The first-order chi connectivity index (χ1) is 10.0. The molecule has 1 fully saturated rings. The maximum atomic E-state index is 12.2. The Morgan fingerprint density at radius 2 is 2.00 bits per heavy atom. The normalized spacial score (nSPS) is 19.7. The van der Waals surface area contributed by atoms with Crippen LogP contribution >= 0.6 is 0 Å². The molecule has 1 atom stereocenters. The topological polar surface area (TPSA) is 46.2 Å². The second-order valence-electron chi connectivity index (χ2n) is 4.85. The second-order valence-corrected chi connectivity index (χ2v) is 4.85. The summed E-state index contributed by atoms with van der Waals surface area (Å²) >= 11 is 0. The zero-order valence-corrected chi connectivity index (χ0v) is 11.1. The monoisotopic (exact) mass is 297 g/mol. The SMILES string of the molecule is FC(F)(F)Oc1ccc2nc(C3CNCCN3)ccc2c1. The first kappa shape index (κ1) is 14.1. The van der Waals surface area contributed by atoms with Gasteiger partial charge in [-0.3, -0.25) is 4.98 Å². The Morgan fingerprint density at radius 3 is 2.71 bits per heavy atom. The molecule has 21 heavy (non-hydrogen) atoms. The van der Waals surface area contributed by atoms with Crippen LogP contribution < -0.4 is 15.4 Å². The smallest absolute Gasteiger partial charge is 0.406 e. The highest BCUT2D eigenvalue weighted by molar-refractivity contribution is 5.80. The number of nitrogens with zero attached hydrogens (tertiary/aromatic N) is 1. The van der Waals surface area contributed by atoms with E-state index in [0.29, 0.717) is 10.9 Å². The van der Waals surface area contributed by atoms with E-state index in [4.69, 9.17) is 0 Å². The van der Waals surface area contributed by atoms with Crippen molar-refractivity contribution in [2.75, 3.05) is 19.6 Å². The summed E-state index contributed by atoms with van der Waals surface area (Å²) in [5.41, 5.74) is 1.52. The third-order valence-electron chi connectivity index (χ3n) is 3.31. The van der Waals surface area contributed by atoms with E-state index in [0.717, 1.165) is 25.3 Å². The van der Waals surface area contributed by atoms with Crippen LogP contribution in [0.5, 0.6) is 5.75 Å². The summed E-state index contributed by atoms with van der Waals surface area (Å²) in [7, 11) is 0. The lowest BCUT2D eigenvalue weighted by atomic mass is 10.1. The Kier molecular flexibility index (Phi) is 3.69. The van der Waals surface area contributed by atoms with Crippen molar-refractivity contribution in [3.05, 3.63) is 36.0 Å². The summed E-state index contributed by atoms with van der Waals surface area (Å²) in [6, 6.07) is 7.86. The molecule has 1 aliphatic heterocycles. The first-order valence-corrected chi connectivity index (χ1v) is 6.62. The van der Waals surface area contributed by atoms with Crippen molar-refractivity contribution in [2.45, 2.75) is 12.4 Å². The van der Waals surface area contributed by atoms with Crippen LogP contribution in [-0.4, -0.2) is 31.0 Å². The molecule has 0 bridgehead atoms. The van der Waals surface area contributed by atoms with Crippen LogP contribution in [0.3, 0.4) is 0 Å². The maximum Gasteiger partial charge on any atom is 0.573 e. The summed E-state index contributed by atoms with van der Waals surface area (Å²) in [6.07, 6.45) is -4.68.